The van der Waals surface area contributed by atoms with Crippen LogP contribution in [0.3, 0.4) is 0 Å². The molecule has 3 aliphatic rings. The zero-order chi connectivity index (χ0) is 12.9. The molecule has 3 aliphatic carbocycles. The third-order valence-electron chi connectivity index (χ3n) is 5.50. The maximum atomic E-state index is 9.83. The van der Waals surface area contributed by atoms with E-state index in [4.69, 9.17) is 0 Å². The van der Waals surface area contributed by atoms with Crippen LogP contribution in [-0.4, -0.2) is 4.98 Å². The lowest BCUT2D eigenvalue weighted by atomic mass is 9.66. The van der Waals surface area contributed by atoms with Gasteiger partial charge in [-0.1, -0.05) is 18.9 Å². The molecule has 98 valence electrons. The van der Waals surface area contributed by atoms with Crippen molar-refractivity contribution in [2.75, 3.05) is 0 Å². The van der Waals surface area contributed by atoms with Crippen molar-refractivity contribution in [1.29, 1.82) is 5.26 Å². The highest BCUT2D eigenvalue weighted by Gasteiger charge is 2.45. The molecule has 1 aromatic rings. The van der Waals surface area contributed by atoms with Gasteiger partial charge in [-0.2, -0.15) is 5.26 Å². The minimum Gasteiger partial charge on any atom is -0.264 e. The van der Waals surface area contributed by atoms with Crippen LogP contribution in [0.2, 0.25) is 0 Å². The van der Waals surface area contributed by atoms with Crippen molar-refractivity contribution in [1.82, 2.24) is 4.98 Å². The van der Waals surface area contributed by atoms with Gasteiger partial charge in [0.25, 0.3) is 0 Å². The van der Waals surface area contributed by atoms with Gasteiger partial charge in [-0.3, -0.25) is 4.98 Å². The van der Waals surface area contributed by atoms with Crippen molar-refractivity contribution < 1.29 is 0 Å². The first-order valence-corrected chi connectivity index (χ1v) is 7.66. The first-order chi connectivity index (χ1) is 9.29. The monoisotopic (exact) mass is 252 g/mol. The van der Waals surface area contributed by atoms with Crippen molar-refractivity contribution in [3.05, 3.63) is 29.6 Å². The molecule has 4 rings (SSSR count). The predicted molar refractivity (Wildman–Crippen MR) is 73.6 cm³/mol. The highest BCUT2D eigenvalue weighted by atomic mass is 14.6. The molecule has 3 saturated carbocycles. The molecule has 0 radical (unpaired) electrons. The van der Waals surface area contributed by atoms with E-state index in [0.717, 1.165) is 30.6 Å². The van der Waals surface area contributed by atoms with E-state index < -0.39 is 0 Å². The zero-order valence-corrected chi connectivity index (χ0v) is 11.3. The molecule has 2 nitrogen and oxygen atoms in total. The lowest BCUT2D eigenvalue weighted by Crippen LogP contribution is -2.32. The summed E-state index contributed by atoms with van der Waals surface area (Å²) in [5, 5.41) is 9.83. The fourth-order valence-electron chi connectivity index (χ4n) is 4.37. The van der Waals surface area contributed by atoms with Crippen LogP contribution < -0.4 is 0 Å². The van der Waals surface area contributed by atoms with Crippen LogP contribution in [0.4, 0.5) is 0 Å². The van der Waals surface area contributed by atoms with E-state index in [-0.39, 0.29) is 5.41 Å². The van der Waals surface area contributed by atoms with Crippen molar-refractivity contribution in [3.63, 3.8) is 0 Å². The Morgan fingerprint density at radius 3 is 2.47 bits per heavy atom. The summed E-state index contributed by atoms with van der Waals surface area (Å²) in [4.78, 5) is 4.43. The lowest BCUT2D eigenvalue weighted by molar-refractivity contribution is 0.264. The molecular weight excluding hydrogens is 232 g/mol. The van der Waals surface area contributed by atoms with E-state index >= 15 is 0 Å². The van der Waals surface area contributed by atoms with E-state index in [1.807, 2.05) is 12.4 Å². The number of hydrogen-bond acceptors (Lipinski definition) is 2. The van der Waals surface area contributed by atoms with Gasteiger partial charge >= 0.3 is 0 Å². The molecular formula is C17H20N2. The molecule has 3 fully saturated rings. The van der Waals surface area contributed by atoms with Gasteiger partial charge in [0, 0.05) is 12.4 Å². The molecule has 1 heterocycles. The number of pyridine rings is 1. The molecule has 0 aromatic carbocycles. The quantitative estimate of drug-likeness (QED) is 0.799. The van der Waals surface area contributed by atoms with Gasteiger partial charge in [-0.25, -0.2) is 0 Å². The van der Waals surface area contributed by atoms with Gasteiger partial charge in [0.1, 0.15) is 0 Å². The molecule has 19 heavy (non-hydrogen) atoms. The van der Waals surface area contributed by atoms with Crippen LogP contribution in [0.25, 0.3) is 0 Å². The summed E-state index contributed by atoms with van der Waals surface area (Å²) in [5.74, 6) is 2.29. The Kier molecular flexibility index (Phi) is 2.45. The standard InChI is InChI=1S/C17H20N2/c18-11-17(7-12-1-2-13(5-12)8-17)16-6-15(9-19-10-16)14-3-4-14/h6,9-10,12-14H,1-5,7-8H2/t12-,13+,17?. The van der Waals surface area contributed by atoms with Crippen molar-refractivity contribution >= 4 is 0 Å². The van der Waals surface area contributed by atoms with Gasteiger partial charge in [-0.15, -0.1) is 0 Å². The molecule has 3 atom stereocenters. The van der Waals surface area contributed by atoms with Crippen LogP contribution in [0, 0.1) is 23.2 Å². The highest BCUT2D eigenvalue weighted by Crippen LogP contribution is 2.52. The third-order valence-corrected chi connectivity index (χ3v) is 5.50. The van der Waals surface area contributed by atoms with Crippen LogP contribution in [0.5, 0.6) is 0 Å². The van der Waals surface area contributed by atoms with Gasteiger partial charge in [-0.05, 0) is 61.0 Å². The number of hydrogen-bond donors (Lipinski definition) is 0. The summed E-state index contributed by atoms with van der Waals surface area (Å²) in [6.07, 6.45) is 12.7. The van der Waals surface area contributed by atoms with Crippen molar-refractivity contribution in [2.45, 2.75) is 56.3 Å². The SMILES string of the molecule is N#CC1(c2cncc(C3CC3)c2)C[C@@H]2CC[C@@H](C2)C1. The van der Waals surface area contributed by atoms with Crippen molar-refractivity contribution in [2.24, 2.45) is 11.8 Å². The molecule has 0 amide bonds. The largest absolute Gasteiger partial charge is 0.264 e. The zero-order valence-electron chi connectivity index (χ0n) is 11.3. The van der Waals surface area contributed by atoms with Crippen LogP contribution in [-0.2, 0) is 5.41 Å². The number of rotatable bonds is 2. The molecule has 2 heteroatoms. The maximum Gasteiger partial charge on any atom is 0.0842 e. The smallest absolute Gasteiger partial charge is 0.0842 e. The first-order valence-electron chi connectivity index (χ1n) is 7.66. The van der Waals surface area contributed by atoms with E-state index in [0.29, 0.717) is 0 Å². The molecule has 0 saturated heterocycles. The Bertz CT molecular complexity index is 526. The topological polar surface area (TPSA) is 36.7 Å². The summed E-state index contributed by atoms with van der Waals surface area (Å²) in [5.41, 5.74) is 2.34. The molecule has 2 bridgehead atoms. The molecule has 0 N–H and O–H groups in total. The molecule has 0 spiro atoms. The Hall–Kier alpha value is -1.36. The van der Waals surface area contributed by atoms with Gasteiger partial charge < -0.3 is 0 Å². The Morgan fingerprint density at radius 2 is 1.84 bits per heavy atom. The fraction of sp³-hybridized carbons (Fsp3) is 0.647. The number of fused-ring (bicyclic) bond motifs is 2. The number of nitrogens with zero attached hydrogens (tertiary/aromatic N) is 2. The minimum absolute atomic E-state index is 0.234. The Labute approximate surface area is 114 Å². The minimum atomic E-state index is -0.234. The Morgan fingerprint density at radius 1 is 1.11 bits per heavy atom. The van der Waals surface area contributed by atoms with Crippen LogP contribution >= 0.6 is 0 Å². The second-order valence-corrected chi connectivity index (χ2v) is 6.93. The second-order valence-electron chi connectivity index (χ2n) is 6.93. The predicted octanol–water partition coefficient (Wildman–Crippen LogP) is 3.93. The first kappa shape index (κ1) is 11.5. The van der Waals surface area contributed by atoms with Gasteiger partial charge in [0.15, 0.2) is 0 Å². The van der Waals surface area contributed by atoms with E-state index in [1.54, 1.807) is 0 Å². The normalized spacial score (nSPS) is 37.0. The average Bonchev–Trinajstić information content (AvgIpc) is 3.25. The van der Waals surface area contributed by atoms with Gasteiger partial charge in [0.2, 0.25) is 0 Å². The van der Waals surface area contributed by atoms with Crippen LogP contribution in [0.1, 0.15) is 62.0 Å². The molecule has 1 unspecified atom stereocenters. The highest BCUT2D eigenvalue weighted by molar-refractivity contribution is 5.36. The van der Waals surface area contributed by atoms with E-state index in [1.165, 1.54) is 43.2 Å². The molecule has 0 aliphatic heterocycles. The third kappa shape index (κ3) is 1.87. The Balaban J connectivity index is 1.72. The second kappa shape index (κ2) is 4.07. The average molecular weight is 252 g/mol. The van der Waals surface area contributed by atoms with Crippen molar-refractivity contribution in [3.8, 4) is 6.07 Å². The van der Waals surface area contributed by atoms with Gasteiger partial charge in [0.05, 0.1) is 11.5 Å². The number of nitriles is 1. The lowest BCUT2D eigenvalue weighted by Gasteiger charge is -2.35. The number of aromatic nitrogens is 1. The van der Waals surface area contributed by atoms with Crippen LogP contribution in [0.15, 0.2) is 18.5 Å². The maximum absolute atomic E-state index is 9.83. The van der Waals surface area contributed by atoms with E-state index in [2.05, 4.69) is 17.1 Å². The summed E-state index contributed by atoms with van der Waals surface area (Å²) in [7, 11) is 0. The molecule has 1 aromatic heterocycles. The summed E-state index contributed by atoms with van der Waals surface area (Å²) in [6, 6.07) is 4.97. The van der Waals surface area contributed by atoms with E-state index in [9.17, 15) is 5.26 Å². The summed E-state index contributed by atoms with van der Waals surface area (Å²) >= 11 is 0. The fourth-order valence-corrected chi connectivity index (χ4v) is 4.37. The summed E-state index contributed by atoms with van der Waals surface area (Å²) in [6.45, 7) is 0. The summed E-state index contributed by atoms with van der Waals surface area (Å²) < 4.78 is 0.